The van der Waals surface area contributed by atoms with Gasteiger partial charge in [0.1, 0.15) is 11.5 Å². The van der Waals surface area contributed by atoms with Gasteiger partial charge in [-0.1, -0.05) is 64.0 Å². The Morgan fingerprint density at radius 2 is 1.76 bits per heavy atom. The van der Waals surface area contributed by atoms with Crippen molar-refractivity contribution in [1.29, 1.82) is 0 Å². The molecule has 1 heterocycles. The van der Waals surface area contributed by atoms with Crippen LogP contribution in [0.25, 0.3) is 5.76 Å². The van der Waals surface area contributed by atoms with Crippen LogP contribution in [0, 0.1) is 13.8 Å². The molecule has 1 aliphatic heterocycles. The van der Waals surface area contributed by atoms with E-state index in [0.717, 1.165) is 26.7 Å². The second-order valence-electron chi connectivity index (χ2n) is 8.15. The Morgan fingerprint density at radius 3 is 2.39 bits per heavy atom. The van der Waals surface area contributed by atoms with Crippen molar-refractivity contribution in [2.75, 3.05) is 7.11 Å². The number of hydrogen-bond acceptors (Lipinski definition) is 4. The van der Waals surface area contributed by atoms with Gasteiger partial charge >= 0.3 is 0 Å². The van der Waals surface area contributed by atoms with E-state index in [9.17, 15) is 14.7 Å². The largest absolute Gasteiger partial charge is 0.507 e. The van der Waals surface area contributed by atoms with E-state index >= 15 is 0 Å². The number of amides is 1. The summed E-state index contributed by atoms with van der Waals surface area (Å²) in [5.41, 5.74) is 4.14. The maximum atomic E-state index is 13.2. The van der Waals surface area contributed by atoms with Crippen molar-refractivity contribution >= 4 is 33.4 Å². The number of Topliss-reactive ketones (excluding diaryl/α,β-unsaturated/α-hetero) is 1. The fraction of sp³-hybridized carbons (Fsp3) is 0.185. The minimum Gasteiger partial charge on any atom is -0.507 e. The van der Waals surface area contributed by atoms with Crippen LogP contribution in [0.4, 0.5) is 0 Å². The summed E-state index contributed by atoms with van der Waals surface area (Å²) >= 11 is 3.46. The number of methoxy groups -OCH3 is 1. The number of ether oxygens (including phenoxy) is 1. The standard InChI is InChI=1S/C27H24BrNO4/c1-16-5-4-6-19(13-16)24-23(25(30)20-9-12-22(28)17(2)14-20)26(31)27(32)29(24)15-18-7-10-21(33-3)11-8-18/h4-14,24,30H,15H2,1-3H3/b25-23-. The highest BCUT2D eigenvalue weighted by Gasteiger charge is 2.46. The molecule has 3 aromatic rings. The summed E-state index contributed by atoms with van der Waals surface area (Å²) in [6.07, 6.45) is 0. The van der Waals surface area contributed by atoms with Gasteiger partial charge in [-0.15, -0.1) is 0 Å². The fourth-order valence-electron chi connectivity index (χ4n) is 4.10. The average Bonchev–Trinajstić information content (AvgIpc) is 3.06. The van der Waals surface area contributed by atoms with Crippen molar-refractivity contribution in [2.24, 2.45) is 0 Å². The topological polar surface area (TPSA) is 66.8 Å². The van der Waals surface area contributed by atoms with Crippen LogP contribution in [0.2, 0.25) is 0 Å². The molecular weight excluding hydrogens is 482 g/mol. The zero-order valence-electron chi connectivity index (χ0n) is 18.6. The Hall–Kier alpha value is -3.38. The molecule has 0 saturated carbocycles. The highest BCUT2D eigenvalue weighted by atomic mass is 79.9. The smallest absolute Gasteiger partial charge is 0.295 e. The first kappa shape index (κ1) is 22.8. The van der Waals surface area contributed by atoms with Crippen molar-refractivity contribution in [3.8, 4) is 5.75 Å². The molecule has 0 spiro atoms. The molecule has 5 nitrogen and oxygen atoms in total. The molecule has 1 unspecified atom stereocenters. The van der Waals surface area contributed by atoms with Gasteiger partial charge in [0.25, 0.3) is 11.7 Å². The Kier molecular flexibility index (Phi) is 6.38. The maximum Gasteiger partial charge on any atom is 0.295 e. The van der Waals surface area contributed by atoms with Gasteiger partial charge in [0, 0.05) is 16.6 Å². The molecule has 33 heavy (non-hydrogen) atoms. The van der Waals surface area contributed by atoms with Gasteiger partial charge in [0.15, 0.2) is 0 Å². The number of halogens is 1. The molecule has 1 aliphatic rings. The Morgan fingerprint density at radius 1 is 1.03 bits per heavy atom. The quantitative estimate of drug-likeness (QED) is 0.274. The lowest BCUT2D eigenvalue weighted by atomic mass is 9.94. The van der Waals surface area contributed by atoms with Crippen LogP contribution in [-0.2, 0) is 16.1 Å². The summed E-state index contributed by atoms with van der Waals surface area (Å²) in [5, 5.41) is 11.2. The van der Waals surface area contributed by atoms with E-state index in [1.807, 2.05) is 68.4 Å². The summed E-state index contributed by atoms with van der Waals surface area (Å²) in [5.74, 6) is -0.782. The number of aliphatic hydroxyl groups is 1. The molecule has 1 atom stereocenters. The molecule has 0 aliphatic carbocycles. The lowest BCUT2D eigenvalue weighted by molar-refractivity contribution is -0.140. The van der Waals surface area contributed by atoms with Crippen LogP contribution in [0.15, 0.2) is 76.8 Å². The van der Waals surface area contributed by atoms with Gasteiger partial charge in [-0.3, -0.25) is 9.59 Å². The van der Waals surface area contributed by atoms with Crippen LogP contribution in [0.1, 0.15) is 33.9 Å². The molecule has 168 valence electrons. The SMILES string of the molecule is COc1ccc(CN2C(=O)C(=O)/C(=C(\O)c3ccc(Br)c(C)c3)C2c2cccc(C)c2)cc1. The zero-order chi connectivity index (χ0) is 23.7. The Labute approximate surface area is 201 Å². The van der Waals surface area contributed by atoms with Crippen molar-refractivity contribution < 1.29 is 19.4 Å². The van der Waals surface area contributed by atoms with Gasteiger partial charge in [-0.2, -0.15) is 0 Å². The van der Waals surface area contributed by atoms with E-state index in [4.69, 9.17) is 4.74 Å². The number of ketones is 1. The third-order valence-corrected chi connectivity index (χ3v) is 6.73. The van der Waals surface area contributed by atoms with Crippen molar-refractivity contribution in [2.45, 2.75) is 26.4 Å². The van der Waals surface area contributed by atoms with Crippen molar-refractivity contribution in [3.05, 3.63) is 105 Å². The number of likely N-dealkylation sites (tertiary alicyclic amines) is 1. The Bertz CT molecular complexity index is 1260. The van der Waals surface area contributed by atoms with Gasteiger partial charge in [-0.05, 0) is 54.8 Å². The molecule has 1 N–H and O–H groups in total. The Balaban J connectivity index is 1.85. The van der Waals surface area contributed by atoms with E-state index in [2.05, 4.69) is 15.9 Å². The van der Waals surface area contributed by atoms with Gasteiger partial charge < -0.3 is 14.7 Å². The first-order valence-electron chi connectivity index (χ1n) is 10.5. The number of aryl methyl sites for hydroxylation is 2. The van der Waals surface area contributed by atoms with Crippen LogP contribution in [0.3, 0.4) is 0 Å². The number of carbonyl (C=O) groups is 2. The minimum absolute atomic E-state index is 0.0980. The molecule has 0 bridgehead atoms. The first-order valence-corrected chi connectivity index (χ1v) is 11.3. The second kappa shape index (κ2) is 9.24. The summed E-state index contributed by atoms with van der Waals surface area (Å²) in [4.78, 5) is 27.9. The van der Waals surface area contributed by atoms with E-state index in [1.165, 1.54) is 4.90 Å². The third kappa shape index (κ3) is 4.44. The zero-order valence-corrected chi connectivity index (χ0v) is 20.2. The van der Waals surface area contributed by atoms with E-state index in [1.54, 1.807) is 19.2 Å². The number of benzene rings is 3. The highest BCUT2D eigenvalue weighted by Crippen LogP contribution is 2.40. The molecule has 0 radical (unpaired) electrons. The van der Waals surface area contributed by atoms with Crippen molar-refractivity contribution in [1.82, 2.24) is 4.90 Å². The first-order chi connectivity index (χ1) is 15.8. The third-order valence-electron chi connectivity index (χ3n) is 5.84. The van der Waals surface area contributed by atoms with E-state index in [0.29, 0.717) is 11.3 Å². The molecule has 3 aromatic carbocycles. The minimum atomic E-state index is -0.698. The number of carbonyl (C=O) groups excluding carboxylic acids is 2. The predicted octanol–water partition coefficient (Wildman–Crippen LogP) is 5.70. The molecule has 6 heteroatoms. The summed E-state index contributed by atoms with van der Waals surface area (Å²) in [6.45, 7) is 4.09. The van der Waals surface area contributed by atoms with Crippen LogP contribution in [-0.4, -0.2) is 28.8 Å². The molecule has 4 rings (SSSR count). The molecule has 1 fully saturated rings. The number of hydrogen-bond donors (Lipinski definition) is 1. The van der Waals surface area contributed by atoms with Crippen molar-refractivity contribution in [3.63, 3.8) is 0 Å². The van der Waals surface area contributed by atoms with Gasteiger partial charge in [0.05, 0.1) is 18.7 Å². The van der Waals surface area contributed by atoms with E-state index < -0.39 is 17.7 Å². The lowest BCUT2D eigenvalue weighted by Crippen LogP contribution is -2.29. The number of rotatable bonds is 5. The normalized spacial score (nSPS) is 17.5. The molecule has 0 aromatic heterocycles. The van der Waals surface area contributed by atoms with E-state index in [-0.39, 0.29) is 17.9 Å². The van der Waals surface area contributed by atoms with Gasteiger partial charge in [0.2, 0.25) is 0 Å². The van der Waals surface area contributed by atoms with Crippen LogP contribution >= 0.6 is 15.9 Å². The summed E-state index contributed by atoms with van der Waals surface area (Å²) in [6, 6.07) is 19.7. The molecule has 1 saturated heterocycles. The maximum absolute atomic E-state index is 13.2. The highest BCUT2D eigenvalue weighted by molar-refractivity contribution is 9.10. The second-order valence-corrected chi connectivity index (χ2v) is 9.01. The average molecular weight is 506 g/mol. The number of nitrogens with zero attached hydrogens (tertiary/aromatic N) is 1. The summed E-state index contributed by atoms with van der Waals surface area (Å²) in [7, 11) is 1.59. The lowest BCUT2D eigenvalue weighted by Gasteiger charge is -2.26. The van der Waals surface area contributed by atoms with Crippen LogP contribution < -0.4 is 4.74 Å². The monoisotopic (exact) mass is 505 g/mol. The fourth-order valence-corrected chi connectivity index (χ4v) is 4.35. The van der Waals surface area contributed by atoms with Gasteiger partial charge in [-0.25, -0.2) is 0 Å². The predicted molar refractivity (Wildman–Crippen MR) is 131 cm³/mol. The molecular formula is C27H24BrNO4. The summed E-state index contributed by atoms with van der Waals surface area (Å²) < 4.78 is 6.12. The van der Waals surface area contributed by atoms with Crippen LogP contribution in [0.5, 0.6) is 5.75 Å². The molecule has 1 amide bonds. The number of aliphatic hydroxyl groups excluding tert-OH is 1.